The van der Waals surface area contributed by atoms with Crippen LogP contribution in [0.5, 0.6) is 0 Å². The molecule has 1 aromatic heterocycles. The van der Waals surface area contributed by atoms with Gasteiger partial charge in [-0.25, -0.2) is 0 Å². The van der Waals surface area contributed by atoms with Crippen molar-refractivity contribution in [2.24, 2.45) is 0 Å². The molecule has 1 heterocycles. The molecule has 38 heavy (non-hydrogen) atoms. The van der Waals surface area contributed by atoms with E-state index in [0.717, 1.165) is 84.0 Å². The maximum absolute atomic E-state index is 11.9. The fraction of sp³-hybridized carbons (Fsp3) is 0.867. The summed E-state index contributed by atoms with van der Waals surface area (Å²) in [6.07, 6.45) is 25.0. The van der Waals surface area contributed by atoms with E-state index in [4.69, 9.17) is 9.84 Å². The molecule has 1 aromatic rings. The summed E-state index contributed by atoms with van der Waals surface area (Å²) in [7, 11) is 0. The van der Waals surface area contributed by atoms with E-state index in [2.05, 4.69) is 22.1 Å². The van der Waals surface area contributed by atoms with Crippen LogP contribution in [0.4, 0.5) is 0 Å². The Labute approximate surface area is 231 Å². The third kappa shape index (κ3) is 22.1. The summed E-state index contributed by atoms with van der Waals surface area (Å²) in [6.45, 7) is 6.97. The van der Waals surface area contributed by atoms with Gasteiger partial charge in [-0.15, -0.1) is 5.10 Å². The van der Waals surface area contributed by atoms with Crippen LogP contribution in [0.3, 0.4) is 0 Å². The number of carbonyl (C=O) groups excluding carboxylic acids is 1. The molecule has 8 nitrogen and oxygen atoms in total. The molecule has 0 bridgehead atoms. The van der Waals surface area contributed by atoms with Crippen LogP contribution < -0.4 is 0 Å². The molecular formula is C30H56N4O4. The number of aryl methyl sites for hydroxylation is 1. The van der Waals surface area contributed by atoms with E-state index in [1.54, 1.807) is 6.20 Å². The van der Waals surface area contributed by atoms with E-state index in [-0.39, 0.29) is 12.4 Å². The fourth-order valence-corrected chi connectivity index (χ4v) is 4.74. The second kappa shape index (κ2) is 25.3. The van der Waals surface area contributed by atoms with Crippen molar-refractivity contribution in [3.8, 4) is 0 Å². The van der Waals surface area contributed by atoms with E-state index >= 15 is 0 Å². The zero-order chi connectivity index (χ0) is 27.5. The first-order chi connectivity index (χ1) is 18.6. The Kier molecular flexibility index (Phi) is 22.7. The van der Waals surface area contributed by atoms with Gasteiger partial charge in [-0.3, -0.25) is 14.3 Å². The molecule has 0 fully saturated rings. The highest BCUT2D eigenvalue weighted by Gasteiger charge is 2.07. The van der Waals surface area contributed by atoms with Crippen molar-refractivity contribution in [2.75, 3.05) is 26.2 Å². The van der Waals surface area contributed by atoms with Crippen LogP contribution in [0.25, 0.3) is 0 Å². The van der Waals surface area contributed by atoms with E-state index in [1.807, 2.05) is 10.9 Å². The van der Waals surface area contributed by atoms with Crippen molar-refractivity contribution in [1.82, 2.24) is 19.9 Å². The van der Waals surface area contributed by atoms with Crippen LogP contribution in [0.2, 0.25) is 0 Å². The number of carboxylic acids is 1. The van der Waals surface area contributed by atoms with Gasteiger partial charge in [-0.2, -0.15) is 0 Å². The van der Waals surface area contributed by atoms with Gasteiger partial charge in [0.25, 0.3) is 0 Å². The number of carboxylic acid groups (broad SMARTS) is 1. The number of ether oxygens (including phenoxy) is 1. The number of unbranched alkanes of at least 4 members (excludes halogenated alkanes) is 14. The van der Waals surface area contributed by atoms with Crippen molar-refractivity contribution in [2.45, 2.75) is 142 Å². The van der Waals surface area contributed by atoms with Gasteiger partial charge in [0.05, 0.1) is 12.8 Å². The zero-order valence-corrected chi connectivity index (χ0v) is 24.3. The first-order valence-electron chi connectivity index (χ1n) is 15.6. The minimum atomic E-state index is -0.692. The molecule has 0 saturated carbocycles. The van der Waals surface area contributed by atoms with Gasteiger partial charge in [-0.1, -0.05) is 89.2 Å². The van der Waals surface area contributed by atoms with E-state index in [1.165, 1.54) is 57.8 Å². The standard InChI is InChI=1S/C30H56N4O4/c1-2-3-4-5-6-13-18-28-38-30(37)21-15-10-8-12-17-24-33(25-19-26-34-27-22-31-32-34)23-16-11-7-9-14-20-29(35)36/h22,27H,2-21,23-26,28H2,1H3,(H,35,36). The van der Waals surface area contributed by atoms with Gasteiger partial charge in [0, 0.05) is 25.6 Å². The summed E-state index contributed by atoms with van der Waals surface area (Å²) < 4.78 is 7.28. The third-order valence-electron chi connectivity index (χ3n) is 7.06. The Hall–Kier alpha value is -1.96. The van der Waals surface area contributed by atoms with Crippen LogP contribution >= 0.6 is 0 Å². The van der Waals surface area contributed by atoms with Crippen LogP contribution in [-0.2, 0) is 20.9 Å². The average Bonchev–Trinajstić information content (AvgIpc) is 3.42. The van der Waals surface area contributed by atoms with Gasteiger partial charge in [0.15, 0.2) is 0 Å². The SMILES string of the molecule is CCCCCCCCCOC(=O)CCCCCCCN(CCCCCCCC(=O)O)CCCn1ccnn1. The van der Waals surface area contributed by atoms with E-state index in [9.17, 15) is 9.59 Å². The van der Waals surface area contributed by atoms with Crippen molar-refractivity contribution < 1.29 is 19.4 Å². The van der Waals surface area contributed by atoms with E-state index in [0.29, 0.717) is 13.0 Å². The highest BCUT2D eigenvalue weighted by atomic mass is 16.5. The number of carbonyl (C=O) groups is 2. The number of esters is 1. The quantitative estimate of drug-likeness (QED) is 0.0906. The molecule has 0 aliphatic heterocycles. The van der Waals surface area contributed by atoms with Gasteiger partial charge >= 0.3 is 11.9 Å². The number of nitrogens with zero attached hydrogens (tertiary/aromatic N) is 4. The Bertz CT molecular complexity index is 669. The van der Waals surface area contributed by atoms with Crippen LogP contribution in [0, 0.1) is 0 Å². The van der Waals surface area contributed by atoms with Gasteiger partial charge in [0.2, 0.25) is 0 Å². The zero-order valence-electron chi connectivity index (χ0n) is 24.3. The minimum Gasteiger partial charge on any atom is -0.481 e. The highest BCUT2D eigenvalue weighted by Crippen LogP contribution is 2.11. The smallest absolute Gasteiger partial charge is 0.305 e. The Morgan fingerprint density at radius 1 is 0.737 bits per heavy atom. The molecule has 1 rings (SSSR count). The van der Waals surface area contributed by atoms with Crippen molar-refractivity contribution in [1.29, 1.82) is 0 Å². The van der Waals surface area contributed by atoms with E-state index < -0.39 is 5.97 Å². The lowest BCUT2D eigenvalue weighted by molar-refractivity contribution is -0.144. The molecule has 0 radical (unpaired) electrons. The number of hydrogen-bond acceptors (Lipinski definition) is 6. The first kappa shape index (κ1) is 34.1. The second-order valence-electron chi connectivity index (χ2n) is 10.6. The largest absolute Gasteiger partial charge is 0.481 e. The Morgan fingerprint density at radius 2 is 1.29 bits per heavy atom. The molecule has 0 unspecified atom stereocenters. The van der Waals surface area contributed by atoms with Crippen LogP contribution in [-0.4, -0.2) is 63.2 Å². The second-order valence-corrected chi connectivity index (χ2v) is 10.6. The molecule has 0 aliphatic rings. The molecule has 0 amide bonds. The van der Waals surface area contributed by atoms with Crippen molar-refractivity contribution in [3.05, 3.63) is 12.4 Å². The third-order valence-corrected chi connectivity index (χ3v) is 7.06. The first-order valence-corrected chi connectivity index (χ1v) is 15.6. The van der Waals surface area contributed by atoms with Gasteiger partial charge in [-0.05, 0) is 58.2 Å². The number of rotatable bonds is 28. The topological polar surface area (TPSA) is 97.6 Å². The summed E-state index contributed by atoms with van der Waals surface area (Å²) in [5.41, 5.74) is 0. The van der Waals surface area contributed by atoms with Gasteiger partial charge in [0.1, 0.15) is 0 Å². The lowest BCUT2D eigenvalue weighted by atomic mass is 10.1. The predicted octanol–water partition coefficient (Wildman–Crippen LogP) is 7.03. The van der Waals surface area contributed by atoms with Crippen LogP contribution in [0.15, 0.2) is 12.4 Å². The summed E-state index contributed by atoms with van der Waals surface area (Å²) in [4.78, 5) is 25.1. The minimum absolute atomic E-state index is 0.0301. The van der Waals surface area contributed by atoms with Gasteiger partial charge < -0.3 is 14.7 Å². The van der Waals surface area contributed by atoms with Crippen molar-refractivity contribution in [3.63, 3.8) is 0 Å². The summed E-state index contributed by atoms with van der Waals surface area (Å²) in [5, 5.41) is 16.7. The summed E-state index contributed by atoms with van der Waals surface area (Å²) >= 11 is 0. The van der Waals surface area contributed by atoms with Crippen LogP contribution in [0.1, 0.15) is 135 Å². The van der Waals surface area contributed by atoms with Crippen molar-refractivity contribution >= 4 is 11.9 Å². The highest BCUT2D eigenvalue weighted by molar-refractivity contribution is 5.69. The monoisotopic (exact) mass is 536 g/mol. The lowest BCUT2D eigenvalue weighted by Crippen LogP contribution is -2.28. The summed E-state index contributed by atoms with van der Waals surface area (Å²) in [6, 6.07) is 0. The molecule has 8 heteroatoms. The molecule has 0 saturated heterocycles. The fourth-order valence-electron chi connectivity index (χ4n) is 4.74. The molecule has 0 aromatic carbocycles. The Morgan fingerprint density at radius 3 is 1.89 bits per heavy atom. The molecular weight excluding hydrogens is 480 g/mol. The maximum atomic E-state index is 11.9. The summed E-state index contributed by atoms with van der Waals surface area (Å²) in [5.74, 6) is -0.722. The molecule has 220 valence electrons. The number of aromatic nitrogens is 3. The molecule has 0 atom stereocenters. The predicted molar refractivity (Wildman–Crippen MR) is 153 cm³/mol. The molecule has 0 spiro atoms. The number of aliphatic carboxylic acids is 1. The maximum Gasteiger partial charge on any atom is 0.305 e. The lowest BCUT2D eigenvalue weighted by Gasteiger charge is -2.22. The molecule has 0 aliphatic carbocycles. The normalized spacial score (nSPS) is 11.3. The molecule has 1 N–H and O–H groups in total. The Balaban J connectivity index is 2.06. The number of hydrogen-bond donors (Lipinski definition) is 1. The average molecular weight is 537 g/mol.